The Morgan fingerprint density at radius 3 is 2.89 bits per heavy atom. The molecule has 3 aromatic heterocycles. The summed E-state index contributed by atoms with van der Waals surface area (Å²) in [7, 11) is 0. The van der Waals surface area contributed by atoms with Gasteiger partial charge in [0, 0.05) is 18.6 Å². The molecule has 0 aliphatic rings. The van der Waals surface area contributed by atoms with Crippen LogP contribution in [0.2, 0.25) is 0 Å². The number of rotatable bonds is 3. The zero-order chi connectivity index (χ0) is 13.2. The van der Waals surface area contributed by atoms with E-state index < -0.39 is 0 Å². The van der Waals surface area contributed by atoms with Crippen LogP contribution in [0.25, 0.3) is 5.65 Å². The first-order valence-corrected chi connectivity index (χ1v) is 5.93. The van der Waals surface area contributed by atoms with Crippen molar-refractivity contribution in [3.8, 4) is 0 Å². The number of aryl methyl sites for hydroxylation is 2. The van der Waals surface area contributed by atoms with E-state index in [0.29, 0.717) is 18.0 Å². The first kappa shape index (κ1) is 11.5. The van der Waals surface area contributed by atoms with Gasteiger partial charge >= 0.3 is 0 Å². The zero-order valence-electron chi connectivity index (χ0n) is 10.7. The van der Waals surface area contributed by atoms with Gasteiger partial charge in [0.15, 0.2) is 5.82 Å². The first-order chi connectivity index (χ1) is 9.24. The quantitative estimate of drug-likeness (QED) is 0.756. The van der Waals surface area contributed by atoms with Gasteiger partial charge < -0.3 is 5.32 Å². The Morgan fingerprint density at radius 1 is 1.16 bits per heavy atom. The van der Waals surface area contributed by atoms with Gasteiger partial charge in [0.2, 0.25) is 5.65 Å². The normalized spacial score (nSPS) is 10.8. The van der Waals surface area contributed by atoms with Gasteiger partial charge in [0.1, 0.15) is 11.6 Å². The molecule has 3 heterocycles. The fourth-order valence-corrected chi connectivity index (χ4v) is 1.84. The van der Waals surface area contributed by atoms with Crippen molar-refractivity contribution < 1.29 is 0 Å². The van der Waals surface area contributed by atoms with Crippen LogP contribution < -0.4 is 5.32 Å². The van der Waals surface area contributed by atoms with E-state index in [2.05, 4.69) is 30.5 Å². The van der Waals surface area contributed by atoms with Gasteiger partial charge in [-0.15, -0.1) is 10.2 Å². The van der Waals surface area contributed by atoms with Crippen LogP contribution in [0.15, 0.2) is 24.7 Å². The van der Waals surface area contributed by atoms with E-state index in [1.165, 1.54) is 0 Å². The summed E-state index contributed by atoms with van der Waals surface area (Å²) in [5.74, 6) is 2.28. The molecule has 0 atom stereocenters. The van der Waals surface area contributed by atoms with E-state index in [9.17, 15) is 0 Å². The van der Waals surface area contributed by atoms with Crippen molar-refractivity contribution in [2.24, 2.45) is 0 Å². The standard InChI is InChI=1S/C12H13N7/c1-8-13-4-3-10(16-8)7-15-11-12-18-17-9(2)19(12)6-5-14-11/h3-6H,7H2,1-2H3,(H,14,15). The molecule has 19 heavy (non-hydrogen) atoms. The largest absolute Gasteiger partial charge is 0.361 e. The molecule has 0 radical (unpaired) electrons. The fourth-order valence-electron chi connectivity index (χ4n) is 1.84. The van der Waals surface area contributed by atoms with Crippen molar-refractivity contribution in [3.63, 3.8) is 0 Å². The van der Waals surface area contributed by atoms with E-state index >= 15 is 0 Å². The maximum absolute atomic E-state index is 4.33. The average molecular weight is 255 g/mol. The molecule has 1 N–H and O–H groups in total. The Kier molecular flexibility index (Phi) is 2.79. The Morgan fingerprint density at radius 2 is 2.05 bits per heavy atom. The van der Waals surface area contributed by atoms with Gasteiger partial charge in [-0.05, 0) is 19.9 Å². The first-order valence-electron chi connectivity index (χ1n) is 5.93. The van der Waals surface area contributed by atoms with Crippen molar-refractivity contribution in [2.75, 3.05) is 5.32 Å². The molecule has 7 heteroatoms. The van der Waals surface area contributed by atoms with E-state index in [1.807, 2.05) is 30.5 Å². The molecule has 3 rings (SSSR count). The molecule has 0 fully saturated rings. The van der Waals surface area contributed by atoms with E-state index in [4.69, 9.17) is 0 Å². The molecule has 0 spiro atoms. The van der Waals surface area contributed by atoms with Crippen molar-refractivity contribution >= 4 is 11.5 Å². The smallest absolute Gasteiger partial charge is 0.203 e. The second kappa shape index (κ2) is 4.60. The minimum absolute atomic E-state index is 0.571. The van der Waals surface area contributed by atoms with Crippen LogP contribution in [0.4, 0.5) is 5.82 Å². The number of fused-ring (bicyclic) bond motifs is 1. The molecule has 0 saturated carbocycles. The Hall–Kier alpha value is -2.57. The third kappa shape index (κ3) is 2.22. The lowest BCUT2D eigenvalue weighted by Crippen LogP contribution is -2.06. The summed E-state index contributed by atoms with van der Waals surface area (Å²) in [6, 6.07) is 1.87. The molecule has 0 aliphatic carbocycles. The summed E-state index contributed by atoms with van der Waals surface area (Å²) in [6.45, 7) is 4.34. The van der Waals surface area contributed by atoms with E-state index in [0.717, 1.165) is 17.3 Å². The molecule has 0 amide bonds. The van der Waals surface area contributed by atoms with Crippen molar-refractivity contribution in [1.29, 1.82) is 0 Å². The highest BCUT2D eigenvalue weighted by Crippen LogP contribution is 2.12. The number of aromatic nitrogens is 6. The van der Waals surface area contributed by atoms with Crippen molar-refractivity contribution in [2.45, 2.75) is 20.4 Å². The molecule has 0 bridgehead atoms. The summed E-state index contributed by atoms with van der Waals surface area (Å²) in [4.78, 5) is 12.7. The SMILES string of the molecule is Cc1nccc(CNc2nccn3c(C)nnc23)n1. The van der Waals surface area contributed by atoms with E-state index in [-0.39, 0.29) is 0 Å². The Labute approximate surface area is 109 Å². The van der Waals surface area contributed by atoms with Gasteiger partial charge in [-0.1, -0.05) is 0 Å². The van der Waals surface area contributed by atoms with Gasteiger partial charge in [-0.25, -0.2) is 15.0 Å². The van der Waals surface area contributed by atoms with Crippen molar-refractivity contribution in [3.05, 3.63) is 42.0 Å². The highest BCUT2D eigenvalue weighted by Gasteiger charge is 2.07. The predicted octanol–water partition coefficient (Wildman–Crippen LogP) is 1.14. The third-order valence-electron chi connectivity index (χ3n) is 2.77. The molecule has 7 nitrogen and oxygen atoms in total. The number of nitrogens with zero attached hydrogens (tertiary/aromatic N) is 6. The van der Waals surface area contributed by atoms with Crippen LogP contribution in [-0.4, -0.2) is 29.5 Å². The molecule has 0 aromatic carbocycles. The Bertz CT molecular complexity index is 719. The van der Waals surface area contributed by atoms with Crippen LogP contribution >= 0.6 is 0 Å². The van der Waals surface area contributed by atoms with Crippen molar-refractivity contribution in [1.82, 2.24) is 29.5 Å². The molecule has 0 saturated heterocycles. The highest BCUT2D eigenvalue weighted by molar-refractivity contribution is 5.61. The van der Waals surface area contributed by atoms with Gasteiger partial charge in [-0.2, -0.15) is 0 Å². The molecule has 0 aliphatic heterocycles. The number of hydrogen-bond acceptors (Lipinski definition) is 6. The summed E-state index contributed by atoms with van der Waals surface area (Å²) in [5, 5.41) is 11.4. The summed E-state index contributed by atoms with van der Waals surface area (Å²) < 4.78 is 1.89. The number of hydrogen-bond donors (Lipinski definition) is 1. The number of anilines is 1. The lowest BCUT2D eigenvalue weighted by Gasteiger charge is -2.06. The van der Waals surface area contributed by atoms with Crippen LogP contribution in [-0.2, 0) is 6.54 Å². The van der Waals surface area contributed by atoms with Crippen LogP contribution in [0.3, 0.4) is 0 Å². The molecule has 3 aromatic rings. The monoisotopic (exact) mass is 255 g/mol. The second-order valence-corrected chi connectivity index (χ2v) is 4.17. The van der Waals surface area contributed by atoms with Crippen LogP contribution in [0.1, 0.15) is 17.3 Å². The van der Waals surface area contributed by atoms with E-state index in [1.54, 1.807) is 12.4 Å². The van der Waals surface area contributed by atoms with Gasteiger partial charge in [-0.3, -0.25) is 4.40 Å². The Balaban J connectivity index is 1.86. The summed E-state index contributed by atoms with van der Waals surface area (Å²) >= 11 is 0. The average Bonchev–Trinajstić information content (AvgIpc) is 2.79. The molecule has 96 valence electrons. The zero-order valence-corrected chi connectivity index (χ0v) is 10.7. The van der Waals surface area contributed by atoms with Gasteiger partial charge in [0.05, 0.1) is 12.2 Å². The predicted molar refractivity (Wildman–Crippen MR) is 69.6 cm³/mol. The third-order valence-corrected chi connectivity index (χ3v) is 2.77. The fraction of sp³-hybridized carbons (Fsp3) is 0.250. The topological polar surface area (TPSA) is 80.9 Å². The maximum atomic E-state index is 4.33. The lowest BCUT2D eigenvalue weighted by molar-refractivity contribution is 0.946. The molecular formula is C12H13N7. The summed E-state index contributed by atoms with van der Waals surface area (Å²) in [6.07, 6.45) is 5.30. The maximum Gasteiger partial charge on any atom is 0.203 e. The van der Waals surface area contributed by atoms with Gasteiger partial charge in [0.25, 0.3) is 0 Å². The minimum Gasteiger partial charge on any atom is -0.361 e. The summed E-state index contributed by atoms with van der Waals surface area (Å²) in [5.41, 5.74) is 1.62. The highest BCUT2D eigenvalue weighted by atomic mass is 15.3. The minimum atomic E-state index is 0.571. The second-order valence-electron chi connectivity index (χ2n) is 4.17. The van der Waals surface area contributed by atoms with Crippen LogP contribution in [0, 0.1) is 13.8 Å². The molecule has 0 unspecified atom stereocenters. The van der Waals surface area contributed by atoms with Crippen LogP contribution in [0.5, 0.6) is 0 Å². The number of nitrogens with one attached hydrogen (secondary N) is 1. The lowest BCUT2D eigenvalue weighted by atomic mass is 10.4. The molecular weight excluding hydrogens is 242 g/mol.